The molecule has 0 aliphatic heterocycles. The maximum Gasteiger partial charge on any atom is 0.490 e. The largest absolute Gasteiger partial charge is 0.494 e. The van der Waals surface area contributed by atoms with Gasteiger partial charge in [0.15, 0.2) is 0 Å². The van der Waals surface area contributed by atoms with Crippen molar-refractivity contribution in [3.05, 3.63) is 29.3 Å². The summed E-state index contributed by atoms with van der Waals surface area (Å²) in [6, 6.07) is 6.34. The predicted octanol–water partition coefficient (Wildman–Crippen LogP) is 3.50. The second-order valence-corrected chi connectivity index (χ2v) is 6.70. The molecule has 0 aromatic heterocycles. The summed E-state index contributed by atoms with van der Waals surface area (Å²) in [7, 11) is 0. The Kier molecular flexibility index (Phi) is 10.5. The van der Waals surface area contributed by atoms with Gasteiger partial charge in [-0.3, -0.25) is 4.79 Å². The van der Waals surface area contributed by atoms with Crippen molar-refractivity contribution in [1.29, 1.82) is 0 Å². The van der Waals surface area contributed by atoms with Crippen LogP contribution in [-0.2, 0) is 27.2 Å². The molecule has 0 saturated carbocycles. The number of carbonyl (C=O) groups is 2. The van der Waals surface area contributed by atoms with Gasteiger partial charge in [-0.25, -0.2) is 4.79 Å². The molecular weight excluding hydrogens is 391 g/mol. The lowest BCUT2D eigenvalue weighted by Gasteiger charge is -2.24. The van der Waals surface area contributed by atoms with E-state index in [0.717, 1.165) is 37.9 Å². The third-order valence-corrected chi connectivity index (χ3v) is 4.38. The average Bonchev–Trinajstić information content (AvgIpc) is 2.65. The van der Waals surface area contributed by atoms with E-state index in [2.05, 4.69) is 12.1 Å². The zero-order valence-electron chi connectivity index (χ0n) is 16.5. The Balaban J connectivity index is 0.000000516. The minimum atomic E-state index is -5.08. The summed E-state index contributed by atoms with van der Waals surface area (Å²) < 4.78 is 42.6. The first-order valence-corrected chi connectivity index (χ1v) is 9.57. The van der Waals surface area contributed by atoms with Crippen molar-refractivity contribution in [1.82, 2.24) is 0 Å². The van der Waals surface area contributed by atoms with Gasteiger partial charge in [-0.1, -0.05) is 6.07 Å². The average molecular weight is 419 g/mol. The number of unbranched alkanes of at least 4 members (excludes halogenated alkanes) is 1. The first kappa shape index (κ1) is 24.7. The lowest BCUT2D eigenvalue weighted by Crippen LogP contribution is -2.21. The number of carbonyl (C=O) groups excluding carboxylic acids is 1. The SMILES string of the molecule is CCOC(=O)CC1CCc2ccc(OCCCCN)cc2C1.O=C(O)C(F)(F)F. The van der Waals surface area contributed by atoms with Crippen LogP contribution in [0.4, 0.5) is 13.2 Å². The number of halogens is 3. The lowest BCUT2D eigenvalue weighted by atomic mass is 9.82. The van der Waals surface area contributed by atoms with Crippen LogP contribution in [0.3, 0.4) is 0 Å². The summed E-state index contributed by atoms with van der Waals surface area (Å²) in [6.07, 6.45) is 0.448. The first-order valence-electron chi connectivity index (χ1n) is 9.57. The smallest absolute Gasteiger partial charge is 0.490 e. The van der Waals surface area contributed by atoms with Crippen molar-refractivity contribution in [2.45, 2.75) is 51.6 Å². The Morgan fingerprint density at radius 3 is 2.52 bits per heavy atom. The highest BCUT2D eigenvalue weighted by molar-refractivity contribution is 5.73. The summed E-state index contributed by atoms with van der Waals surface area (Å²) in [4.78, 5) is 20.5. The summed E-state index contributed by atoms with van der Waals surface area (Å²) in [5.74, 6) is -1.52. The zero-order chi connectivity index (χ0) is 21.9. The van der Waals surface area contributed by atoms with E-state index in [1.165, 1.54) is 11.1 Å². The second-order valence-electron chi connectivity index (χ2n) is 6.70. The summed E-state index contributed by atoms with van der Waals surface area (Å²) in [5, 5.41) is 7.12. The quantitative estimate of drug-likeness (QED) is 0.494. The van der Waals surface area contributed by atoms with Crippen LogP contribution >= 0.6 is 0 Å². The number of carboxylic acid groups (broad SMARTS) is 1. The third-order valence-electron chi connectivity index (χ3n) is 4.38. The number of aliphatic carboxylic acids is 1. The van der Waals surface area contributed by atoms with E-state index >= 15 is 0 Å². The summed E-state index contributed by atoms with van der Waals surface area (Å²) in [5.41, 5.74) is 8.18. The van der Waals surface area contributed by atoms with E-state index in [1.54, 1.807) is 0 Å². The molecule has 2 rings (SSSR count). The Morgan fingerprint density at radius 2 is 1.93 bits per heavy atom. The Labute approximate surface area is 168 Å². The van der Waals surface area contributed by atoms with Crippen LogP contribution in [0.5, 0.6) is 5.75 Å². The van der Waals surface area contributed by atoms with E-state index in [0.29, 0.717) is 32.1 Å². The van der Waals surface area contributed by atoms with Crippen molar-refractivity contribution >= 4 is 11.9 Å². The molecule has 1 aromatic rings. The molecule has 0 spiro atoms. The van der Waals surface area contributed by atoms with Crippen LogP contribution < -0.4 is 10.5 Å². The molecule has 0 fully saturated rings. The molecule has 0 saturated heterocycles. The van der Waals surface area contributed by atoms with Gasteiger partial charge >= 0.3 is 18.1 Å². The molecule has 1 aromatic carbocycles. The van der Waals surface area contributed by atoms with Gasteiger partial charge in [0, 0.05) is 6.42 Å². The minimum absolute atomic E-state index is 0.0786. The first-order chi connectivity index (χ1) is 13.7. The van der Waals surface area contributed by atoms with Crippen LogP contribution in [0, 0.1) is 5.92 Å². The van der Waals surface area contributed by atoms with Crippen molar-refractivity contribution < 1.29 is 37.3 Å². The highest BCUT2D eigenvalue weighted by Gasteiger charge is 2.38. The molecular formula is C20H28F3NO5. The number of nitrogens with two attached hydrogens (primary N) is 1. The van der Waals surface area contributed by atoms with E-state index in [4.69, 9.17) is 25.1 Å². The Bertz CT molecular complexity index is 664. The number of esters is 1. The molecule has 0 amide bonds. The maximum absolute atomic E-state index is 11.6. The van der Waals surface area contributed by atoms with Crippen LogP contribution in [-0.4, -0.2) is 43.0 Å². The number of rotatable bonds is 8. The molecule has 0 bridgehead atoms. The standard InChI is InChI=1S/C18H27NO3.C2HF3O2/c1-2-21-18(20)12-14-5-6-15-7-8-17(13-16(15)11-14)22-10-4-3-9-19;3-2(4,5)1(6)7/h7-8,13-14H,2-6,9-12,19H2,1H3;(H,6,7). The number of fused-ring (bicyclic) bond motifs is 1. The number of ether oxygens (including phenoxy) is 2. The number of alkyl halides is 3. The number of carboxylic acids is 1. The zero-order valence-corrected chi connectivity index (χ0v) is 16.5. The highest BCUT2D eigenvalue weighted by Crippen LogP contribution is 2.30. The number of hydrogen-bond donors (Lipinski definition) is 2. The molecule has 6 nitrogen and oxygen atoms in total. The molecule has 1 atom stereocenters. The van der Waals surface area contributed by atoms with Crippen LogP contribution in [0.25, 0.3) is 0 Å². The normalized spacial score (nSPS) is 15.6. The van der Waals surface area contributed by atoms with E-state index < -0.39 is 12.1 Å². The third kappa shape index (κ3) is 9.65. The molecule has 9 heteroatoms. The Hall–Kier alpha value is -2.29. The second kappa shape index (κ2) is 12.3. The monoisotopic (exact) mass is 419 g/mol. The van der Waals surface area contributed by atoms with Gasteiger partial charge in [-0.2, -0.15) is 13.2 Å². The van der Waals surface area contributed by atoms with Crippen molar-refractivity contribution in [2.24, 2.45) is 11.7 Å². The lowest BCUT2D eigenvalue weighted by molar-refractivity contribution is -0.192. The van der Waals surface area contributed by atoms with Crippen molar-refractivity contribution in [2.75, 3.05) is 19.8 Å². The van der Waals surface area contributed by atoms with Crippen LogP contribution in [0.2, 0.25) is 0 Å². The van der Waals surface area contributed by atoms with Crippen molar-refractivity contribution in [3.63, 3.8) is 0 Å². The van der Waals surface area contributed by atoms with Gasteiger partial charge in [0.05, 0.1) is 13.2 Å². The van der Waals surface area contributed by atoms with E-state index in [1.807, 2.05) is 13.0 Å². The van der Waals surface area contributed by atoms with Gasteiger partial charge in [0.2, 0.25) is 0 Å². The molecule has 0 heterocycles. The van der Waals surface area contributed by atoms with Crippen LogP contribution in [0.1, 0.15) is 43.7 Å². The number of benzene rings is 1. The van der Waals surface area contributed by atoms with Gasteiger partial charge in [-0.05, 0) is 74.8 Å². The van der Waals surface area contributed by atoms with Gasteiger partial charge in [-0.15, -0.1) is 0 Å². The van der Waals surface area contributed by atoms with E-state index in [-0.39, 0.29) is 5.97 Å². The van der Waals surface area contributed by atoms with Crippen LogP contribution in [0.15, 0.2) is 18.2 Å². The number of hydrogen-bond acceptors (Lipinski definition) is 5. The molecule has 1 aliphatic carbocycles. The van der Waals surface area contributed by atoms with Gasteiger partial charge in [0.25, 0.3) is 0 Å². The van der Waals surface area contributed by atoms with Gasteiger partial charge in [0.1, 0.15) is 5.75 Å². The predicted molar refractivity (Wildman–Crippen MR) is 101 cm³/mol. The fourth-order valence-corrected chi connectivity index (χ4v) is 2.96. The fraction of sp³-hybridized carbons (Fsp3) is 0.600. The molecule has 3 N–H and O–H groups in total. The number of aryl methyl sites for hydroxylation is 1. The molecule has 0 radical (unpaired) electrons. The van der Waals surface area contributed by atoms with E-state index in [9.17, 15) is 18.0 Å². The fourth-order valence-electron chi connectivity index (χ4n) is 2.96. The Morgan fingerprint density at radius 1 is 1.24 bits per heavy atom. The topological polar surface area (TPSA) is 98.9 Å². The molecule has 164 valence electrons. The molecule has 29 heavy (non-hydrogen) atoms. The highest BCUT2D eigenvalue weighted by atomic mass is 19.4. The van der Waals surface area contributed by atoms with Gasteiger partial charge < -0.3 is 20.3 Å². The molecule has 1 unspecified atom stereocenters. The molecule has 1 aliphatic rings. The summed E-state index contributed by atoms with van der Waals surface area (Å²) >= 11 is 0. The van der Waals surface area contributed by atoms with Crippen molar-refractivity contribution in [3.8, 4) is 5.75 Å². The summed E-state index contributed by atoms with van der Waals surface area (Å²) in [6.45, 7) is 3.73. The minimum Gasteiger partial charge on any atom is -0.494 e. The maximum atomic E-state index is 11.6.